The molecule has 3 nitrogen and oxygen atoms in total. The van der Waals surface area contributed by atoms with E-state index in [1.807, 2.05) is 24.3 Å². The summed E-state index contributed by atoms with van der Waals surface area (Å²) in [5.74, 6) is 0.730. The minimum Gasteiger partial charge on any atom is -0.456 e. The van der Waals surface area contributed by atoms with Crippen molar-refractivity contribution in [2.24, 2.45) is 0 Å². The minimum absolute atomic E-state index is 0.194. The Labute approximate surface area is 297 Å². The van der Waals surface area contributed by atoms with Crippen LogP contribution in [0.25, 0.3) is 88.5 Å². The van der Waals surface area contributed by atoms with Gasteiger partial charge in [0.05, 0.1) is 11.2 Å². The SMILES string of the molecule is CC1(C)c2cc(-c3ccc4c(-c5ccccc5)nc(-c5ccccc5)nc4c3)ccc2-c2ccc3c(oc4ccc5ccccc5c43)c2C1(C)C. The smallest absolute Gasteiger partial charge is 0.160 e. The standard InChI is InChI=1S/C48H36N2O/c1-47(2)39-27-32(33-20-23-37-40(28-33)49-46(31-16-9-6-10-17-31)50-44(37)30-14-7-5-8-15-30)19-22-35(39)36-24-25-38-42-34-18-12-11-13-29(34)21-26-41(42)51-45(38)43(36)48(47,3)4/h5-28H,1-4H3. The molecule has 0 radical (unpaired) electrons. The molecule has 1 aliphatic rings. The minimum atomic E-state index is -0.219. The molecule has 0 spiro atoms. The van der Waals surface area contributed by atoms with Gasteiger partial charge >= 0.3 is 0 Å². The molecule has 0 amide bonds. The van der Waals surface area contributed by atoms with E-state index >= 15 is 0 Å². The van der Waals surface area contributed by atoms with E-state index in [0.29, 0.717) is 0 Å². The topological polar surface area (TPSA) is 38.9 Å². The number of aromatic nitrogens is 2. The van der Waals surface area contributed by atoms with Crippen molar-refractivity contribution in [3.05, 3.63) is 157 Å². The normalized spacial score (nSPS) is 14.6. The van der Waals surface area contributed by atoms with Gasteiger partial charge < -0.3 is 4.42 Å². The predicted molar refractivity (Wildman–Crippen MR) is 212 cm³/mol. The average Bonchev–Trinajstić information content (AvgIpc) is 3.56. The molecule has 3 heteroatoms. The zero-order valence-electron chi connectivity index (χ0n) is 29.2. The number of hydrogen-bond acceptors (Lipinski definition) is 3. The molecular formula is C48H36N2O. The molecule has 0 saturated carbocycles. The van der Waals surface area contributed by atoms with Gasteiger partial charge in [0.1, 0.15) is 11.2 Å². The summed E-state index contributed by atoms with van der Waals surface area (Å²) in [7, 11) is 0. The average molecular weight is 657 g/mol. The lowest BCUT2D eigenvalue weighted by atomic mass is 9.55. The first-order valence-electron chi connectivity index (χ1n) is 17.7. The van der Waals surface area contributed by atoms with Crippen molar-refractivity contribution in [1.82, 2.24) is 9.97 Å². The number of rotatable bonds is 3. The van der Waals surface area contributed by atoms with E-state index in [-0.39, 0.29) is 10.8 Å². The Morgan fingerprint density at radius 2 is 1.16 bits per heavy atom. The molecule has 0 unspecified atom stereocenters. The van der Waals surface area contributed by atoms with Crippen LogP contribution >= 0.6 is 0 Å². The van der Waals surface area contributed by atoms with Gasteiger partial charge in [-0.1, -0.05) is 143 Å². The number of benzene rings is 7. The van der Waals surface area contributed by atoms with Gasteiger partial charge in [-0.3, -0.25) is 0 Å². The van der Waals surface area contributed by atoms with Crippen LogP contribution in [0.3, 0.4) is 0 Å². The highest BCUT2D eigenvalue weighted by Gasteiger charge is 2.47. The molecule has 9 aromatic rings. The highest BCUT2D eigenvalue weighted by atomic mass is 16.3. The number of hydrogen-bond donors (Lipinski definition) is 0. The third-order valence-electron chi connectivity index (χ3n) is 11.8. The van der Waals surface area contributed by atoms with Crippen molar-refractivity contribution in [3.63, 3.8) is 0 Å². The van der Waals surface area contributed by atoms with Crippen LogP contribution in [0.5, 0.6) is 0 Å². The van der Waals surface area contributed by atoms with Gasteiger partial charge in [0.2, 0.25) is 0 Å². The third kappa shape index (κ3) is 4.31. The van der Waals surface area contributed by atoms with Crippen LogP contribution in [-0.4, -0.2) is 9.97 Å². The number of furan rings is 1. The summed E-state index contributed by atoms with van der Waals surface area (Å²) in [5, 5.41) is 5.90. The van der Waals surface area contributed by atoms with Crippen LogP contribution in [-0.2, 0) is 10.8 Å². The van der Waals surface area contributed by atoms with Crippen molar-refractivity contribution in [2.45, 2.75) is 38.5 Å². The van der Waals surface area contributed by atoms with Crippen LogP contribution in [0, 0.1) is 0 Å². The largest absolute Gasteiger partial charge is 0.456 e. The molecule has 244 valence electrons. The molecule has 51 heavy (non-hydrogen) atoms. The maximum atomic E-state index is 6.81. The second-order valence-corrected chi connectivity index (χ2v) is 15.0. The lowest BCUT2D eigenvalue weighted by Crippen LogP contribution is -2.43. The monoisotopic (exact) mass is 656 g/mol. The fraction of sp³-hybridized carbons (Fsp3) is 0.125. The van der Waals surface area contributed by atoms with E-state index in [0.717, 1.165) is 50.3 Å². The summed E-state index contributed by atoms with van der Waals surface area (Å²) in [6.07, 6.45) is 0. The number of fused-ring (bicyclic) bond motifs is 10. The Bertz CT molecular complexity index is 2850. The Kier molecular flexibility index (Phi) is 6.27. The highest BCUT2D eigenvalue weighted by molar-refractivity contribution is 6.20. The molecule has 0 bridgehead atoms. The summed E-state index contributed by atoms with van der Waals surface area (Å²) in [4.78, 5) is 10.2. The second kappa shape index (κ2) is 10.7. The maximum Gasteiger partial charge on any atom is 0.160 e. The van der Waals surface area contributed by atoms with Gasteiger partial charge in [-0.2, -0.15) is 0 Å². The van der Waals surface area contributed by atoms with Gasteiger partial charge in [-0.05, 0) is 74.3 Å². The van der Waals surface area contributed by atoms with E-state index in [1.54, 1.807) is 0 Å². The van der Waals surface area contributed by atoms with Crippen LogP contribution < -0.4 is 0 Å². The van der Waals surface area contributed by atoms with Gasteiger partial charge in [-0.25, -0.2) is 9.97 Å². The summed E-state index contributed by atoms with van der Waals surface area (Å²) >= 11 is 0. The molecule has 1 aliphatic carbocycles. The molecule has 0 aliphatic heterocycles. The van der Waals surface area contributed by atoms with Gasteiger partial charge in [-0.15, -0.1) is 0 Å². The number of nitrogens with zero attached hydrogens (tertiary/aromatic N) is 2. The fourth-order valence-corrected chi connectivity index (χ4v) is 8.42. The first-order valence-corrected chi connectivity index (χ1v) is 17.7. The van der Waals surface area contributed by atoms with Crippen molar-refractivity contribution in [1.29, 1.82) is 0 Å². The summed E-state index contributed by atoms with van der Waals surface area (Å²) < 4.78 is 6.81. The zero-order valence-corrected chi connectivity index (χ0v) is 29.2. The third-order valence-corrected chi connectivity index (χ3v) is 11.8. The van der Waals surface area contributed by atoms with E-state index in [2.05, 4.69) is 149 Å². The first-order chi connectivity index (χ1) is 24.8. The first kappa shape index (κ1) is 29.8. The zero-order chi connectivity index (χ0) is 34.5. The molecule has 0 N–H and O–H groups in total. The van der Waals surface area contributed by atoms with Crippen molar-refractivity contribution in [2.75, 3.05) is 0 Å². The fourth-order valence-electron chi connectivity index (χ4n) is 8.42. The van der Waals surface area contributed by atoms with Crippen molar-refractivity contribution >= 4 is 43.6 Å². The quantitative estimate of drug-likeness (QED) is 0.190. The highest BCUT2D eigenvalue weighted by Crippen LogP contribution is 2.57. The van der Waals surface area contributed by atoms with E-state index in [1.165, 1.54) is 49.4 Å². The second-order valence-electron chi connectivity index (χ2n) is 15.0. The molecule has 7 aromatic carbocycles. The van der Waals surface area contributed by atoms with Crippen LogP contribution in [0.4, 0.5) is 0 Å². The molecule has 0 fully saturated rings. The maximum absolute atomic E-state index is 6.81. The van der Waals surface area contributed by atoms with E-state index in [9.17, 15) is 0 Å². The Morgan fingerprint density at radius 3 is 1.96 bits per heavy atom. The Morgan fingerprint density at radius 1 is 0.490 bits per heavy atom. The molecule has 2 aromatic heterocycles. The van der Waals surface area contributed by atoms with E-state index < -0.39 is 0 Å². The van der Waals surface area contributed by atoms with Gasteiger partial charge in [0.25, 0.3) is 0 Å². The van der Waals surface area contributed by atoms with Crippen molar-refractivity contribution < 1.29 is 4.42 Å². The van der Waals surface area contributed by atoms with Gasteiger partial charge in [0.15, 0.2) is 5.82 Å². The lowest BCUT2D eigenvalue weighted by Gasteiger charge is -2.48. The lowest BCUT2D eigenvalue weighted by molar-refractivity contribution is 0.299. The molecule has 0 saturated heterocycles. The Balaban J connectivity index is 1.16. The molecular weight excluding hydrogens is 621 g/mol. The van der Waals surface area contributed by atoms with Crippen LogP contribution in [0.2, 0.25) is 0 Å². The van der Waals surface area contributed by atoms with Crippen LogP contribution in [0.1, 0.15) is 38.8 Å². The van der Waals surface area contributed by atoms with Crippen LogP contribution in [0.15, 0.2) is 150 Å². The molecule has 0 atom stereocenters. The van der Waals surface area contributed by atoms with E-state index in [4.69, 9.17) is 14.4 Å². The molecule has 2 heterocycles. The predicted octanol–water partition coefficient (Wildman–Crippen LogP) is 12.9. The van der Waals surface area contributed by atoms with Gasteiger partial charge in [0, 0.05) is 38.3 Å². The summed E-state index contributed by atoms with van der Waals surface area (Å²) in [5.41, 5.74) is 13.0. The molecule has 10 rings (SSSR count). The Hall–Kier alpha value is -6.06. The van der Waals surface area contributed by atoms with Crippen molar-refractivity contribution in [3.8, 4) is 44.9 Å². The summed E-state index contributed by atoms with van der Waals surface area (Å²) in [6.45, 7) is 9.55. The summed E-state index contributed by atoms with van der Waals surface area (Å²) in [6, 6.07) is 51.8.